The van der Waals surface area contributed by atoms with E-state index in [1.165, 1.54) is 19.2 Å². The number of carboxylic acid groups (broad SMARTS) is 1. The van der Waals surface area contributed by atoms with E-state index in [-0.39, 0.29) is 12.2 Å². The lowest BCUT2D eigenvalue weighted by Gasteiger charge is -2.17. The van der Waals surface area contributed by atoms with Gasteiger partial charge in [-0.05, 0) is 55.0 Å². The molecule has 3 aromatic carbocycles. The van der Waals surface area contributed by atoms with E-state index in [4.69, 9.17) is 37.4 Å². The zero-order valence-corrected chi connectivity index (χ0v) is 21.1. The Morgan fingerprint density at radius 2 is 1.73 bits per heavy atom. The van der Waals surface area contributed by atoms with Gasteiger partial charge in [0.2, 0.25) is 0 Å². The van der Waals surface area contributed by atoms with Gasteiger partial charge in [0.25, 0.3) is 0 Å². The third-order valence-electron chi connectivity index (χ3n) is 4.76. The summed E-state index contributed by atoms with van der Waals surface area (Å²) in [5, 5.41) is 13.6. The third kappa shape index (κ3) is 6.25. The fourth-order valence-corrected chi connectivity index (χ4v) is 4.05. The van der Waals surface area contributed by atoms with E-state index in [1.807, 2.05) is 19.1 Å². The van der Waals surface area contributed by atoms with Gasteiger partial charge in [-0.25, -0.2) is 4.79 Å². The molecule has 0 aromatic heterocycles. The topological polar surface area (TPSA) is 77.0 Å². The molecule has 0 saturated heterocycles. The van der Waals surface area contributed by atoms with Gasteiger partial charge < -0.3 is 24.6 Å². The van der Waals surface area contributed by atoms with Gasteiger partial charge in [-0.15, -0.1) is 0 Å². The third-order valence-corrected chi connectivity index (χ3v) is 6.21. The van der Waals surface area contributed by atoms with Crippen molar-refractivity contribution in [1.29, 1.82) is 0 Å². The molecule has 9 heteroatoms. The van der Waals surface area contributed by atoms with Gasteiger partial charge in [0.05, 0.1) is 25.0 Å². The van der Waals surface area contributed by atoms with Gasteiger partial charge in [-0.1, -0.05) is 45.2 Å². The molecule has 0 unspecified atom stereocenters. The number of halogens is 3. The highest BCUT2D eigenvalue weighted by molar-refractivity contribution is 9.10. The number of methoxy groups -OCH3 is 1. The van der Waals surface area contributed by atoms with E-state index in [0.717, 1.165) is 10.0 Å². The molecule has 0 aliphatic heterocycles. The summed E-state index contributed by atoms with van der Waals surface area (Å²) < 4.78 is 17.9. The molecular weight excluding hydrogens is 533 g/mol. The predicted molar refractivity (Wildman–Crippen MR) is 133 cm³/mol. The van der Waals surface area contributed by atoms with Crippen molar-refractivity contribution in [2.24, 2.45) is 0 Å². The van der Waals surface area contributed by atoms with Crippen molar-refractivity contribution in [3.05, 3.63) is 79.7 Å². The molecular formula is C24H22BrCl2NO5. The quantitative estimate of drug-likeness (QED) is 0.279. The normalized spacial score (nSPS) is 10.6. The molecule has 2 N–H and O–H groups in total. The van der Waals surface area contributed by atoms with Crippen LogP contribution in [-0.4, -0.2) is 24.8 Å². The summed E-state index contributed by atoms with van der Waals surface area (Å²) in [5.41, 5.74) is 2.30. The molecule has 0 radical (unpaired) electrons. The number of ether oxygens (including phenoxy) is 3. The molecule has 0 spiro atoms. The smallest absolute Gasteiger partial charge is 0.335 e. The number of carbonyl (C=O) groups is 1. The second-order valence-corrected chi connectivity index (χ2v) is 8.55. The van der Waals surface area contributed by atoms with E-state index in [0.29, 0.717) is 51.7 Å². The van der Waals surface area contributed by atoms with Crippen LogP contribution in [0.15, 0.2) is 53.0 Å². The molecule has 0 bridgehead atoms. The fraction of sp³-hybridized carbons (Fsp3) is 0.208. The molecule has 0 aliphatic carbocycles. The average Bonchev–Trinajstić information content (AvgIpc) is 2.79. The van der Waals surface area contributed by atoms with Crippen LogP contribution in [-0.2, 0) is 13.2 Å². The summed E-state index contributed by atoms with van der Waals surface area (Å²) in [4.78, 5) is 11.3. The van der Waals surface area contributed by atoms with Crippen LogP contribution in [0.25, 0.3) is 0 Å². The highest BCUT2D eigenvalue weighted by Gasteiger charge is 2.15. The minimum absolute atomic E-state index is 0.161. The van der Waals surface area contributed by atoms with Crippen molar-refractivity contribution in [1.82, 2.24) is 0 Å². The Morgan fingerprint density at radius 3 is 2.36 bits per heavy atom. The molecule has 3 rings (SSSR count). The van der Waals surface area contributed by atoms with Crippen LogP contribution in [0, 0.1) is 0 Å². The number of anilines is 1. The first-order valence-corrected chi connectivity index (χ1v) is 11.5. The van der Waals surface area contributed by atoms with Crippen LogP contribution >= 0.6 is 39.1 Å². The van der Waals surface area contributed by atoms with Gasteiger partial charge >= 0.3 is 5.97 Å². The van der Waals surface area contributed by atoms with Crippen molar-refractivity contribution in [3.8, 4) is 17.2 Å². The van der Waals surface area contributed by atoms with Crippen LogP contribution in [0.5, 0.6) is 17.2 Å². The maximum absolute atomic E-state index is 11.3. The molecule has 0 heterocycles. The predicted octanol–water partition coefficient (Wildman–Crippen LogP) is 7.05. The molecule has 3 aromatic rings. The molecule has 0 amide bonds. The Balaban J connectivity index is 1.82. The van der Waals surface area contributed by atoms with Gasteiger partial charge in [-0.2, -0.15) is 0 Å². The van der Waals surface area contributed by atoms with Crippen LogP contribution in [0.2, 0.25) is 10.0 Å². The monoisotopic (exact) mass is 553 g/mol. The Morgan fingerprint density at radius 1 is 1.03 bits per heavy atom. The molecule has 6 nitrogen and oxygen atoms in total. The highest BCUT2D eigenvalue weighted by Crippen LogP contribution is 2.36. The number of rotatable bonds is 10. The van der Waals surface area contributed by atoms with Crippen LogP contribution < -0.4 is 19.5 Å². The van der Waals surface area contributed by atoms with Gasteiger partial charge in [0.15, 0.2) is 11.5 Å². The minimum atomic E-state index is -1.01. The molecule has 0 fully saturated rings. The average molecular weight is 555 g/mol. The maximum atomic E-state index is 11.3. The summed E-state index contributed by atoms with van der Waals surface area (Å²) in [7, 11) is 1.53. The summed E-state index contributed by atoms with van der Waals surface area (Å²) in [5.74, 6) is 0.624. The second-order valence-electron chi connectivity index (χ2n) is 6.89. The first-order valence-electron chi connectivity index (χ1n) is 10.00. The standard InChI is InChI=1S/C24H22BrCl2NO5/c1-3-32-22-10-15(12-28-20-9-14(24(29)30)7-8-21(20)31-2)17(25)11-23(22)33-13-16-18(26)5-4-6-19(16)27/h4-11,28H,3,12-13H2,1-2H3,(H,29,30). The number of hydrogen-bond acceptors (Lipinski definition) is 5. The lowest BCUT2D eigenvalue weighted by atomic mass is 10.1. The Labute approximate surface area is 210 Å². The lowest BCUT2D eigenvalue weighted by Crippen LogP contribution is -2.06. The SMILES string of the molecule is CCOc1cc(CNc2cc(C(=O)O)ccc2OC)c(Br)cc1OCc1c(Cl)cccc1Cl. The summed E-state index contributed by atoms with van der Waals surface area (Å²) >= 11 is 16.1. The summed E-state index contributed by atoms with van der Waals surface area (Å²) in [6.07, 6.45) is 0. The van der Waals surface area contributed by atoms with Crippen molar-refractivity contribution in [2.45, 2.75) is 20.1 Å². The van der Waals surface area contributed by atoms with Crippen molar-refractivity contribution >= 4 is 50.8 Å². The van der Waals surface area contributed by atoms with Crippen LogP contribution in [0.1, 0.15) is 28.4 Å². The van der Waals surface area contributed by atoms with E-state index >= 15 is 0 Å². The zero-order valence-electron chi connectivity index (χ0n) is 18.0. The van der Waals surface area contributed by atoms with Crippen molar-refractivity contribution < 1.29 is 24.1 Å². The van der Waals surface area contributed by atoms with E-state index < -0.39 is 5.97 Å². The number of aromatic carboxylic acids is 1. The molecule has 0 atom stereocenters. The molecule has 33 heavy (non-hydrogen) atoms. The lowest BCUT2D eigenvalue weighted by molar-refractivity contribution is 0.0697. The van der Waals surface area contributed by atoms with Crippen LogP contribution in [0.3, 0.4) is 0 Å². The van der Waals surface area contributed by atoms with Crippen molar-refractivity contribution in [2.75, 3.05) is 19.0 Å². The van der Waals surface area contributed by atoms with Gasteiger partial charge in [0.1, 0.15) is 12.4 Å². The van der Waals surface area contributed by atoms with E-state index in [2.05, 4.69) is 21.2 Å². The van der Waals surface area contributed by atoms with E-state index in [9.17, 15) is 9.90 Å². The maximum Gasteiger partial charge on any atom is 0.335 e. The van der Waals surface area contributed by atoms with E-state index in [1.54, 1.807) is 24.3 Å². The molecule has 0 aliphatic rings. The molecule has 174 valence electrons. The zero-order chi connectivity index (χ0) is 24.0. The van der Waals surface area contributed by atoms with Gasteiger partial charge in [-0.3, -0.25) is 0 Å². The Hall–Kier alpha value is -2.61. The number of nitrogens with one attached hydrogen (secondary N) is 1. The Bertz CT molecular complexity index is 1140. The minimum Gasteiger partial charge on any atom is -0.495 e. The molecule has 0 saturated carbocycles. The summed E-state index contributed by atoms with van der Waals surface area (Å²) in [6, 6.07) is 13.6. The fourth-order valence-electron chi connectivity index (χ4n) is 3.08. The highest BCUT2D eigenvalue weighted by atomic mass is 79.9. The Kier molecular flexibility index (Phi) is 8.72. The van der Waals surface area contributed by atoms with Gasteiger partial charge in [0, 0.05) is 26.6 Å². The largest absolute Gasteiger partial charge is 0.495 e. The second kappa shape index (κ2) is 11.5. The first kappa shape index (κ1) is 25.0. The van der Waals surface area contributed by atoms with Crippen LogP contribution in [0.4, 0.5) is 5.69 Å². The number of benzene rings is 3. The number of carboxylic acids is 1. The first-order chi connectivity index (χ1) is 15.8. The number of hydrogen-bond donors (Lipinski definition) is 2. The van der Waals surface area contributed by atoms with Crippen molar-refractivity contribution in [3.63, 3.8) is 0 Å². The summed E-state index contributed by atoms with van der Waals surface area (Å²) in [6.45, 7) is 2.90.